The van der Waals surface area contributed by atoms with Gasteiger partial charge in [-0.25, -0.2) is 0 Å². The Labute approximate surface area is 117 Å². The van der Waals surface area contributed by atoms with E-state index < -0.39 is 0 Å². The molecule has 0 aliphatic rings. The Balaban J connectivity index is 1.81. The van der Waals surface area contributed by atoms with Gasteiger partial charge in [0.2, 0.25) is 0 Å². The Morgan fingerprint density at radius 1 is 1.17 bits per heavy atom. The van der Waals surface area contributed by atoms with Crippen molar-refractivity contribution in [3.63, 3.8) is 0 Å². The summed E-state index contributed by atoms with van der Waals surface area (Å²) < 4.78 is 3.22. The number of aryl methyl sites for hydroxylation is 1. The molecular formula is C15H19BrN2. The van der Waals surface area contributed by atoms with E-state index in [2.05, 4.69) is 82.5 Å². The van der Waals surface area contributed by atoms with Crippen molar-refractivity contribution in [2.75, 3.05) is 0 Å². The van der Waals surface area contributed by atoms with Crippen molar-refractivity contribution in [2.24, 2.45) is 7.05 Å². The lowest BCUT2D eigenvalue weighted by Crippen LogP contribution is -2.27. The lowest BCUT2D eigenvalue weighted by molar-refractivity contribution is 0.545. The van der Waals surface area contributed by atoms with Gasteiger partial charge in [0.1, 0.15) is 0 Å². The highest BCUT2D eigenvalue weighted by Crippen LogP contribution is 2.12. The molecule has 0 radical (unpaired) electrons. The predicted molar refractivity (Wildman–Crippen MR) is 79.6 cm³/mol. The molecule has 2 aromatic rings. The highest BCUT2D eigenvalue weighted by molar-refractivity contribution is 9.10. The van der Waals surface area contributed by atoms with E-state index >= 15 is 0 Å². The first kappa shape index (κ1) is 13.4. The number of nitrogens with one attached hydrogen (secondary N) is 1. The van der Waals surface area contributed by atoms with E-state index in [1.807, 2.05) is 0 Å². The standard InChI is InChI=1S/C15H19BrN2/c1-12(9-13-3-5-15(16)6-4-13)17-10-14-7-8-18(2)11-14/h3-8,11-12,17H,9-10H2,1-2H3. The molecule has 2 rings (SSSR count). The Bertz CT molecular complexity index is 487. The quantitative estimate of drug-likeness (QED) is 0.894. The minimum Gasteiger partial charge on any atom is -0.357 e. The van der Waals surface area contributed by atoms with Crippen molar-refractivity contribution >= 4 is 15.9 Å². The van der Waals surface area contributed by atoms with E-state index in [4.69, 9.17) is 0 Å². The number of hydrogen-bond donors (Lipinski definition) is 1. The molecule has 96 valence electrons. The molecule has 0 aliphatic carbocycles. The van der Waals surface area contributed by atoms with Crippen LogP contribution in [0.15, 0.2) is 47.2 Å². The van der Waals surface area contributed by atoms with Crippen LogP contribution in [0.25, 0.3) is 0 Å². The third kappa shape index (κ3) is 4.00. The third-order valence-electron chi connectivity index (χ3n) is 3.00. The average molecular weight is 307 g/mol. The van der Waals surface area contributed by atoms with Crippen molar-refractivity contribution < 1.29 is 0 Å². The Morgan fingerprint density at radius 2 is 1.89 bits per heavy atom. The molecule has 0 spiro atoms. The summed E-state index contributed by atoms with van der Waals surface area (Å²) in [5, 5.41) is 3.55. The van der Waals surface area contributed by atoms with Crippen LogP contribution in [0.3, 0.4) is 0 Å². The van der Waals surface area contributed by atoms with Gasteiger partial charge in [-0.05, 0) is 42.7 Å². The van der Waals surface area contributed by atoms with E-state index in [0.29, 0.717) is 6.04 Å². The SMILES string of the molecule is CC(Cc1ccc(Br)cc1)NCc1ccn(C)c1. The molecule has 0 saturated heterocycles. The summed E-state index contributed by atoms with van der Waals surface area (Å²) in [5.74, 6) is 0. The second-order valence-corrected chi connectivity index (χ2v) is 5.71. The van der Waals surface area contributed by atoms with Crippen molar-refractivity contribution in [1.29, 1.82) is 0 Å². The van der Waals surface area contributed by atoms with Crippen LogP contribution in [0.5, 0.6) is 0 Å². The highest BCUT2D eigenvalue weighted by atomic mass is 79.9. The minimum absolute atomic E-state index is 0.478. The number of rotatable bonds is 5. The molecule has 1 N–H and O–H groups in total. The first-order valence-electron chi connectivity index (χ1n) is 6.22. The minimum atomic E-state index is 0.478. The van der Waals surface area contributed by atoms with E-state index in [9.17, 15) is 0 Å². The second kappa shape index (κ2) is 6.21. The van der Waals surface area contributed by atoms with Gasteiger partial charge in [-0.2, -0.15) is 0 Å². The maximum atomic E-state index is 3.55. The number of benzene rings is 1. The molecule has 1 heterocycles. The van der Waals surface area contributed by atoms with Gasteiger partial charge in [0.05, 0.1) is 0 Å². The fraction of sp³-hybridized carbons (Fsp3) is 0.333. The van der Waals surface area contributed by atoms with Crippen molar-refractivity contribution in [1.82, 2.24) is 9.88 Å². The van der Waals surface area contributed by atoms with Gasteiger partial charge in [-0.3, -0.25) is 0 Å². The molecule has 1 atom stereocenters. The molecule has 1 unspecified atom stereocenters. The molecule has 3 heteroatoms. The summed E-state index contributed by atoms with van der Waals surface area (Å²) in [6, 6.07) is 11.2. The number of hydrogen-bond acceptors (Lipinski definition) is 1. The maximum Gasteiger partial charge on any atom is 0.0223 e. The molecule has 0 amide bonds. The molecule has 0 fully saturated rings. The van der Waals surface area contributed by atoms with Gasteiger partial charge in [-0.15, -0.1) is 0 Å². The third-order valence-corrected chi connectivity index (χ3v) is 3.53. The van der Waals surface area contributed by atoms with E-state index in [0.717, 1.165) is 17.4 Å². The molecule has 18 heavy (non-hydrogen) atoms. The monoisotopic (exact) mass is 306 g/mol. The lowest BCUT2D eigenvalue weighted by atomic mass is 10.1. The Morgan fingerprint density at radius 3 is 2.50 bits per heavy atom. The van der Waals surface area contributed by atoms with Crippen molar-refractivity contribution in [3.8, 4) is 0 Å². The van der Waals surface area contributed by atoms with Gasteiger partial charge < -0.3 is 9.88 Å². The van der Waals surface area contributed by atoms with Crippen LogP contribution in [0.2, 0.25) is 0 Å². The van der Waals surface area contributed by atoms with Crippen LogP contribution in [0.4, 0.5) is 0 Å². The summed E-state index contributed by atoms with van der Waals surface area (Å²) in [6.45, 7) is 3.16. The van der Waals surface area contributed by atoms with E-state index in [1.54, 1.807) is 0 Å². The van der Waals surface area contributed by atoms with Crippen LogP contribution in [0, 0.1) is 0 Å². The lowest BCUT2D eigenvalue weighted by Gasteiger charge is -2.13. The van der Waals surface area contributed by atoms with Crippen LogP contribution in [-0.2, 0) is 20.0 Å². The molecular weight excluding hydrogens is 288 g/mol. The van der Waals surface area contributed by atoms with Crippen molar-refractivity contribution in [3.05, 3.63) is 58.3 Å². The van der Waals surface area contributed by atoms with Gasteiger partial charge in [-0.1, -0.05) is 28.1 Å². The second-order valence-electron chi connectivity index (χ2n) is 4.80. The molecule has 1 aromatic carbocycles. The first-order valence-corrected chi connectivity index (χ1v) is 7.01. The number of halogens is 1. The summed E-state index contributed by atoms with van der Waals surface area (Å²) in [5.41, 5.74) is 2.70. The van der Waals surface area contributed by atoms with E-state index in [1.165, 1.54) is 11.1 Å². The maximum absolute atomic E-state index is 3.55. The largest absolute Gasteiger partial charge is 0.357 e. The van der Waals surface area contributed by atoms with Gasteiger partial charge in [0.15, 0.2) is 0 Å². The first-order chi connectivity index (χ1) is 8.63. The summed E-state index contributed by atoms with van der Waals surface area (Å²) in [4.78, 5) is 0. The zero-order valence-corrected chi connectivity index (χ0v) is 12.4. The summed E-state index contributed by atoms with van der Waals surface area (Å²) in [6.07, 6.45) is 5.29. The molecule has 1 aromatic heterocycles. The van der Waals surface area contributed by atoms with Crippen LogP contribution >= 0.6 is 15.9 Å². The summed E-state index contributed by atoms with van der Waals surface area (Å²) in [7, 11) is 2.05. The smallest absolute Gasteiger partial charge is 0.0223 e. The number of nitrogens with zero attached hydrogens (tertiary/aromatic N) is 1. The van der Waals surface area contributed by atoms with Gasteiger partial charge in [0, 0.05) is 36.5 Å². The topological polar surface area (TPSA) is 17.0 Å². The molecule has 0 aliphatic heterocycles. The molecule has 2 nitrogen and oxygen atoms in total. The van der Waals surface area contributed by atoms with Gasteiger partial charge >= 0.3 is 0 Å². The van der Waals surface area contributed by atoms with Gasteiger partial charge in [0.25, 0.3) is 0 Å². The Kier molecular flexibility index (Phi) is 4.61. The fourth-order valence-electron chi connectivity index (χ4n) is 2.00. The normalized spacial score (nSPS) is 12.6. The fourth-order valence-corrected chi connectivity index (χ4v) is 2.27. The molecule has 0 bridgehead atoms. The van der Waals surface area contributed by atoms with Crippen LogP contribution < -0.4 is 5.32 Å². The summed E-state index contributed by atoms with van der Waals surface area (Å²) >= 11 is 3.46. The highest BCUT2D eigenvalue weighted by Gasteiger charge is 2.03. The predicted octanol–water partition coefficient (Wildman–Crippen LogP) is 3.51. The average Bonchev–Trinajstić information content (AvgIpc) is 2.76. The van der Waals surface area contributed by atoms with Crippen molar-refractivity contribution in [2.45, 2.75) is 25.9 Å². The number of aromatic nitrogens is 1. The van der Waals surface area contributed by atoms with Crippen LogP contribution in [0.1, 0.15) is 18.1 Å². The Hall–Kier alpha value is -1.06. The zero-order valence-electron chi connectivity index (χ0n) is 10.9. The zero-order chi connectivity index (χ0) is 13.0. The molecule has 0 saturated carbocycles. The van der Waals surface area contributed by atoms with Crippen LogP contribution in [-0.4, -0.2) is 10.6 Å². The van der Waals surface area contributed by atoms with E-state index in [-0.39, 0.29) is 0 Å².